The van der Waals surface area contributed by atoms with Gasteiger partial charge in [0.05, 0.1) is 16.0 Å². The zero-order valence-electron chi connectivity index (χ0n) is 11.7. The number of thioether (sulfide) groups is 1. The maximum atomic E-state index is 13.3. The Morgan fingerprint density at radius 1 is 1.09 bits per heavy atom. The summed E-state index contributed by atoms with van der Waals surface area (Å²) in [6.07, 6.45) is 0. The molecule has 0 saturated carbocycles. The van der Waals surface area contributed by atoms with Gasteiger partial charge in [-0.3, -0.25) is 9.69 Å². The second-order valence-corrected chi connectivity index (χ2v) is 7.16. The van der Waals surface area contributed by atoms with Gasteiger partial charge < -0.3 is 0 Å². The zero-order valence-corrected chi connectivity index (χ0v) is 13.3. The quantitative estimate of drug-likeness (QED) is 0.690. The highest BCUT2D eigenvalue weighted by Crippen LogP contribution is 2.44. The predicted octanol–water partition coefficient (Wildman–Crippen LogP) is 4.35. The van der Waals surface area contributed by atoms with Crippen molar-refractivity contribution in [2.45, 2.75) is 5.37 Å². The van der Waals surface area contributed by atoms with Crippen molar-refractivity contribution in [3.63, 3.8) is 0 Å². The molecule has 1 amide bonds. The number of nitrogens with zero attached hydrogens (tertiary/aromatic N) is 2. The SMILES string of the molecule is O=C1CSC(c2ccc(F)cc2)N1c1nc2ccc(F)cc2s1. The first-order valence-corrected chi connectivity index (χ1v) is 8.73. The van der Waals surface area contributed by atoms with E-state index in [1.165, 1.54) is 47.4 Å². The van der Waals surface area contributed by atoms with E-state index in [0.717, 1.165) is 5.56 Å². The highest BCUT2D eigenvalue weighted by atomic mass is 32.2. The number of rotatable bonds is 2. The summed E-state index contributed by atoms with van der Waals surface area (Å²) in [4.78, 5) is 18.4. The van der Waals surface area contributed by atoms with Gasteiger partial charge in [0.1, 0.15) is 17.0 Å². The molecule has 23 heavy (non-hydrogen) atoms. The van der Waals surface area contributed by atoms with Crippen molar-refractivity contribution < 1.29 is 13.6 Å². The minimum absolute atomic E-state index is 0.0520. The van der Waals surface area contributed by atoms with Gasteiger partial charge in [-0.1, -0.05) is 23.5 Å². The molecule has 3 nitrogen and oxygen atoms in total. The summed E-state index contributed by atoms with van der Waals surface area (Å²) in [6.45, 7) is 0. The normalized spacial score (nSPS) is 18.1. The number of carbonyl (C=O) groups excluding carboxylic acids is 1. The number of hydrogen-bond acceptors (Lipinski definition) is 4. The molecular formula is C16H10F2N2OS2. The molecule has 1 aromatic heterocycles. The molecule has 2 heterocycles. The van der Waals surface area contributed by atoms with Crippen LogP contribution in [-0.4, -0.2) is 16.6 Å². The molecule has 0 aliphatic carbocycles. The summed E-state index contributed by atoms with van der Waals surface area (Å²) < 4.78 is 27.1. The third-order valence-corrected chi connectivity index (χ3v) is 5.80. The fraction of sp³-hybridized carbons (Fsp3) is 0.125. The summed E-state index contributed by atoms with van der Waals surface area (Å²) in [6, 6.07) is 10.5. The van der Waals surface area contributed by atoms with Gasteiger partial charge in [-0.05, 0) is 35.9 Å². The summed E-state index contributed by atoms with van der Waals surface area (Å²) in [5.41, 5.74) is 1.50. The molecule has 1 saturated heterocycles. The Labute approximate surface area is 138 Å². The van der Waals surface area contributed by atoms with E-state index in [0.29, 0.717) is 21.1 Å². The fourth-order valence-corrected chi connectivity index (χ4v) is 4.75. The van der Waals surface area contributed by atoms with Crippen LogP contribution in [0.3, 0.4) is 0 Å². The molecule has 0 spiro atoms. The van der Waals surface area contributed by atoms with Crippen molar-refractivity contribution in [2.75, 3.05) is 10.7 Å². The highest BCUT2D eigenvalue weighted by molar-refractivity contribution is 8.00. The number of carbonyl (C=O) groups is 1. The second kappa shape index (κ2) is 5.58. The van der Waals surface area contributed by atoms with Crippen LogP contribution in [-0.2, 0) is 4.79 Å². The van der Waals surface area contributed by atoms with Crippen LogP contribution >= 0.6 is 23.1 Å². The molecule has 1 unspecified atom stereocenters. The van der Waals surface area contributed by atoms with Crippen molar-refractivity contribution in [1.29, 1.82) is 0 Å². The Hall–Kier alpha value is -1.99. The molecule has 0 radical (unpaired) electrons. The number of anilines is 1. The Morgan fingerprint density at radius 3 is 2.61 bits per heavy atom. The summed E-state index contributed by atoms with van der Waals surface area (Å²) in [5, 5.41) is 0.295. The monoisotopic (exact) mass is 348 g/mol. The zero-order chi connectivity index (χ0) is 16.0. The van der Waals surface area contributed by atoms with Gasteiger partial charge in [0.25, 0.3) is 0 Å². The van der Waals surface area contributed by atoms with Gasteiger partial charge in [0.2, 0.25) is 5.91 Å². The fourth-order valence-electron chi connectivity index (χ4n) is 2.49. The number of aromatic nitrogens is 1. The molecule has 1 fully saturated rings. The van der Waals surface area contributed by atoms with Gasteiger partial charge in [0.15, 0.2) is 5.13 Å². The van der Waals surface area contributed by atoms with Crippen LogP contribution in [0.5, 0.6) is 0 Å². The first kappa shape index (κ1) is 14.6. The smallest absolute Gasteiger partial charge is 0.240 e. The van der Waals surface area contributed by atoms with E-state index in [1.807, 2.05) is 0 Å². The molecule has 7 heteroatoms. The highest BCUT2D eigenvalue weighted by Gasteiger charge is 2.36. The number of thiazole rings is 1. The lowest BCUT2D eigenvalue weighted by Gasteiger charge is -2.21. The van der Waals surface area contributed by atoms with Gasteiger partial charge in [-0.25, -0.2) is 13.8 Å². The maximum absolute atomic E-state index is 13.3. The van der Waals surface area contributed by atoms with E-state index in [9.17, 15) is 13.6 Å². The third-order valence-electron chi connectivity index (χ3n) is 3.57. The largest absolute Gasteiger partial charge is 0.273 e. The molecule has 4 rings (SSSR count). The Morgan fingerprint density at radius 2 is 1.83 bits per heavy atom. The number of halogens is 2. The lowest BCUT2D eigenvalue weighted by Crippen LogP contribution is -2.27. The Balaban J connectivity index is 1.76. The molecule has 116 valence electrons. The van der Waals surface area contributed by atoms with Crippen LogP contribution in [0.25, 0.3) is 10.2 Å². The molecule has 1 aliphatic rings. The van der Waals surface area contributed by atoms with Gasteiger partial charge in [-0.15, -0.1) is 11.8 Å². The Kier molecular flexibility index (Phi) is 3.54. The molecule has 0 bridgehead atoms. The van der Waals surface area contributed by atoms with Crippen LogP contribution in [0.4, 0.5) is 13.9 Å². The van der Waals surface area contributed by atoms with E-state index in [-0.39, 0.29) is 22.9 Å². The topological polar surface area (TPSA) is 33.2 Å². The minimum Gasteiger partial charge on any atom is -0.273 e. The lowest BCUT2D eigenvalue weighted by molar-refractivity contribution is -0.115. The summed E-state index contributed by atoms with van der Waals surface area (Å²) >= 11 is 2.75. The molecule has 3 aromatic rings. The van der Waals surface area contributed by atoms with E-state index in [2.05, 4.69) is 4.98 Å². The van der Waals surface area contributed by atoms with Crippen molar-refractivity contribution in [1.82, 2.24) is 4.98 Å². The number of amides is 1. The number of hydrogen-bond donors (Lipinski definition) is 0. The van der Waals surface area contributed by atoms with E-state index < -0.39 is 0 Å². The molecule has 0 N–H and O–H groups in total. The van der Waals surface area contributed by atoms with E-state index in [4.69, 9.17) is 0 Å². The van der Waals surface area contributed by atoms with Crippen molar-refractivity contribution >= 4 is 44.4 Å². The average molecular weight is 348 g/mol. The van der Waals surface area contributed by atoms with Crippen LogP contribution in [0.2, 0.25) is 0 Å². The molecule has 1 atom stereocenters. The van der Waals surface area contributed by atoms with Crippen LogP contribution in [0.1, 0.15) is 10.9 Å². The minimum atomic E-state index is -0.329. The van der Waals surface area contributed by atoms with Gasteiger partial charge in [-0.2, -0.15) is 0 Å². The average Bonchev–Trinajstić information content (AvgIpc) is 3.10. The van der Waals surface area contributed by atoms with Crippen molar-refractivity contribution in [2.24, 2.45) is 0 Å². The van der Waals surface area contributed by atoms with Crippen LogP contribution < -0.4 is 4.90 Å². The van der Waals surface area contributed by atoms with Crippen LogP contribution in [0, 0.1) is 11.6 Å². The molecule has 1 aliphatic heterocycles. The van der Waals surface area contributed by atoms with Crippen molar-refractivity contribution in [3.05, 3.63) is 59.7 Å². The first-order valence-electron chi connectivity index (χ1n) is 6.87. The van der Waals surface area contributed by atoms with Gasteiger partial charge >= 0.3 is 0 Å². The number of benzene rings is 2. The maximum Gasteiger partial charge on any atom is 0.240 e. The van der Waals surface area contributed by atoms with Crippen LogP contribution in [0.15, 0.2) is 42.5 Å². The summed E-state index contributed by atoms with van der Waals surface area (Å²) in [7, 11) is 0. The van der Waals surface area contributed by atoms with Gasteiger partial charge in [0, 0.05) is 0 Å². The summed E-state index contributed by atoms with van der Waals surface area (Å²) in [5.74, 6) is -0.356. The van der Waals surface area contributed by atoms with E-state index in [1.54, 1.807) is 23.1 Å². The van der Waals surface area contributed by atoms with E-state index >= 15 is 0 Å². The second-order valence-electron chi connectivity index (χ2n) is 5.09. The predicted molar refractivity (Wildman–Crippen MR) is 88.7 cm³/mol. The number of fused-ring (bicyclic) bond motifs is 1. The van der Waals surface area contributed by atoms with Crippen molar-refractivity contribution in [3.8, 4) is 0 Å². The Bertz CT molecular complexity index is 895. The first-order chi connectivity index (χ1) is 11.1. The lowest BCUT2D eigenvalue weighted by atomic mass is 10.2. The molecular weight excluding hydrogens is 338 g/mol. The molecule has 2 aromatic carbocycles. The third kappa shape index (κ3) is 2.60. The standard InChI is InChI=1S/C16H10F2N2OS2/c17-10-3-1-9(2-4-10)15-20(14(21)8-22-15)16-19-12-6-5-11(18)7-13(12)23-16/h1-7,15H,8H2.